The summed E-state index contributed by atoms with van der Waals surface area (Å²) < 4.78 is 26.5. The van der Waals surface area contributed by atoms with Crippen LogP contribution in [0.2, 0.25) is 5.02 Å². The molecule has 1 aromatic rings. The van der Waals surface area contributed by atoms with E-state index in [-0.39, 0.29) is 4.90 Å². The van der Waals surface area contributed by atoms with E-state index in [0.717, 1.165) is 13.0 Å². The van der Waals surface area contributed by atoms with E-state index in [1.165, 1.54) is 6.07 Å². The maximum absolute atomic E-state index is 12.0. The van der Waals surface area contributed by atoms with Crippen LogP contribution in [0.15, 0.2) is 23.1 Å². The second-order valence-corrected chi connectivity index (χ2v) is 5.94. The highest BCUT2D eigenvalue weighted by Crippen LogP contribution is 2.19. The minimum absolute atomic E-state index is 0.245. The van der Waals surface area contributed by atoms with Gasteiger partial charge in [-0.25, -0.2) is 13.1 Å². The van der Waals surface area contributed by atoms with Gasteiger partial charge in [0.2, 0.25) is 10.0 Å². The zero-order chi connectivity index (χ0) is 12.9. The van der Waals surface area contributed by atoms with Crippen LogP contribution in [0, 0.1) is 6.92 Å². The average molecular weight is 277 g/mol. The number of hydrogen-bond donors (Lipinski definition) is 2. The summed E-state index contributed by atoms with van der Waals surface area (Å²) in [6, 6.07) is 4.85. The molecule has 0 aromatic heterocycles. The Hall–Kier alpha value is -0.620. The molecule has 4 nitrogen and oxygen atoms in total. The molecular formula is C11H17ClN2O2S. The van der Waals surface area contributed by atoms with Crippen molar-refractivity contribution in [2.75, 3.05) is 20.1 Å². The zero-order valence-corrected chi connectivity index (χ0v) is 11.5. The van der Waals surface area contributed by atoms with Gasteiger partial charge in [-0.3, -0.25) is 0 Å². The first-order valence-corrected chi connectivity index (χ1v) is 7.24. The normalized spacial score (nSPS) is 11.7. The van der Waals surface area contributed by atoms with E-state index in [2.05, 4.69) is 10.0 Å². The SMILES string of the molecule is CNCCCNS(=O)(=O)c1cc(Cl)ccc1C. The number of halogens is 1. The molecule has 0 aliphatic heterocycles. The third-order valence-corrected chi connectivity index (χ3v) is 4.17. The van der Waals surface area contributed by atoms with Crippen LogP contribution in [-0.2, 0) is 10.0 Å². The van der Waals surface area contributed by atoms with Crippen molar-refractivity contribution in [3.63, 3.8) is 0 Å². The maximum atomic E-state index is 12.0. The first-order valence-electron chi connectivity index (χ1n) is 5.38. The van der Waals surface area contributed by atoms with Gasteiger partial charge in [-0.05, 0) is 44.6 Å². The highest BCUT2D eigenvalue weighted by atomic mass is 35.5. The van der Waals surface area contributed by atoms with Crippen LogP contribution in [-0.4, -0.2) is 28.6 Å². The summed E-state index contributed by atoms with van der Waals surface area (Å²) in [4.78, 5) is 0.245. The topological polar surface area (TPSA) is 58.2 Å². The Morgan fingerprint density at radius 3 is 2.65 bits per heavy atom. The van der Waals surface area contributed by atoms with Crippen molar-refractivity contribution in [3.05, 3.63) is 28.8 Å². The number of hydrogen-bond acceptors (Lipinski definition) is 3. The highest BCUT2D eigenvalue weighted by Gasteiger charge is 2.16. The first-order chi connectivity index (χ1) is 7.97. The average Bonchev–Trinajstić information content (AvgIpc) is 2.28. The Morgan fingerprint density at radius 2 is 2.00 bits per heavy atom. The molecule has 96 valence electrons. The fourth-order valence-corrected chi connectivity index (χ4v) is 2.99. The number of aryl methyl sites for hydroxylation is 1. The molecule has 0 spiro atoms. The summed E-state index contributed by atoms with van der Waals surface area (Å²) in [6.07, 6.45) is 0.745. The molecule has 0 aliphatic carbocycles. The van der Waals surface area contributed by atoms with Crippen molar-refractivity contribution >= 4 is 21.6 Å². The lowest BCUT2D eigenvalue weighted by atomic mass is 10.2. The van der Waals surface area contributed by atoms with Crippen LogP contribution in [0.1, 0.15) is 12.0 Å². The van der Waals surface area contributed by atoms with E-state index in [9.17, 15) is 8.42 Å². The smallest absolute Gasteiger partial charge is 0.240 e. The van der Waals surface area contributed by atoms with E-state index in [4.69, 9.17) is 11.6 Å². The summed E-state index contributed by atoms with van der Waals surface area (Å²) >= 11 is 5.80. The Bertz CT molecular complexity index is 474. The van der Waals surface area contributed by atoms with Crippen LogP contribution in [0.3, 0.4) is 0 Å². The summed E-state index contributed by atoms with van der Waals surface area (Å²) in [5, 5.41) is 3.38. The molecule has 1 aromatic carbocycles. The first kappa shape index (κ1) is 14.4. The number of benzene rings is 1. The van der Waals surface area contributed by atoms with Crippen molar-refractivity contribution < 1.29 is 8.42 Å². The number of nitrogens with one attached hydrogen (secondary N) is 2. The second-order valence-electron chi connectivity index (χ2n) is 3.76. The summed E-state index contributed by atoms with van der Waals surface area (Å²) in [5.41, 5.74) is 0.690. The second kappa shape index (κ2) is 6.35. The Kier molecular flexibility index (Phi) is 5.39. The third-order valence-electron chi connectivity index (χ3n) is 2.34. The van der Waals surface area contributed by atoms with Crippen LogP contribution < -0.4 is 10.0 Å². The van der Waals surface area contributed by atoms with Gasteiger partial charge in [0.1, 0.15) is 0 Å². The van der Waals surface area contributed by atoms with Gasteiger partial charge in [0.05, 0.1) is 4.90 Å². The largest absolute Gasteiger partial charge is 0.320 e. The summed E-state index contributed by atoms with van der Waals surface area (Å²) in [7, 11) is -1.63. The standard InChI is InChI=1S/C11H17ClN2O2S/c1-9-4-5-10(12)8-11(9)17(15,16)14-7-3-6-13-2/h4-5,8,13-14H,3,6-7H2,1-2H3. The molecule has 0 heterocycles. The summed E-state index contributed by atoms with van der Waals surface area (Å²) in [5.74, 6) is 0. The van der Waals surface area contributed by atoms with Gasteiger partial charge in [-0.15, -0.1) is 0 Å². The predicted molar refractivity (Wildman–Crippen MR) is 69.9 cm³/mol. The molecule has 0 atom stereocenters. The van der Waals surface area contributed by atoms with E-state index in [1.54, 1.807) is 19.1 Å². The molecule has 0 amide bonds. The Labute approximate surface area is 107 Å². The Morgan fingerprint density at radius 1 is 1.29 bits per heavy atom. The fraction of sp³-hybridized carbons (Fsp3) is 0.455. The van der Waals surface area contributed by atoms with Crippen molar-refractivity contribution in [2.45, 2.75) is 18.2 Å². The lowest BCUT2D eigenvalue weighted by molar-refractivity contribution is 0.576. The van der Waals surface area contributed by atoms with Crippen LogP contribution in [0.5, 0.6) is 0 Å². The maximum Gasteiger partial charge on any atom is 0.240 e. The van der Waals surface area contributed by atoms with Gasteiger partial charge in [0, 0.05) is 11.6 Å². The molecule has 1 rings (SSSR count). The van der Waals surface area contributed by atoms with Crippen molar-refractivity contribution in [1.29, 1.82) is 0 Å². The van der Waals surface area contributed by atoms with Crippen molar-refractivity contribution in [1.82, 2.24) is 10.0 Å². The predicted octanol–water partition coefficient (Wildman–Crippen LogP) is 1.54. The molecule has 0 saturated heterocycles. The molecule has 0 saturated carbocycles. The third kappa shape index (κ3) is 4.27. The van der Waals surface area contributed by atoms with Gasteiger partial charge >= 0.3 is 0 Å². The molecule has 0 unspecified atom stereocenters. The quantitative estimate of drug-likeness (QED) is 0.775. The molecule has 0 fully saturated rings. The lowest BCUT2D eigenvalue weighted by Gasteiger charge is -2.09. The minimum Gasteiger partial charge on any atom is -0.320 e. The molecule has 0 bridgehead atoms. The molecule has 0 aliphatic rings. The molecule has 6 heteroatoms. The van der Waals surface area contributed by atoms with Gasteiger partial charge in [-0.2, -0.15) is 0 Å². The number of rotatable bonds is 6. The van der Waals surface area contributed by atoms with E-state index in [1.807, 2.05) is 7.05 Å². The van der Waals surface area contributed by atoms with Crippen molar-refractivity contribution in [3.8, 4) is 0 Å². The van der Waals surface area contributed by atoms with E-state index in [0.29, 0.717) is 17.1 Å². The van der Waals surface area contributed by atoms with Crippen molar-refractivity contribution in [2.24, 2.45) is 0 Å². The zero-order valence-electron chi connectivity index (χ0n) is 9.96. The monoisotopic (exact) mass is 276 g/mol. The van der Waals surface area contributed by atoms with Crippen LogP contribution >= 0.6 is 11.6 Å². The number of sulfonamides is 1. The van der Waals surface area contributed by atoms with Gasteiger partial charge in [-0.1, -0.05) is 17.7 Å². The minimum atomic E-state index is -3.46. The molecule has 2 N–H and O–H groups in total. The van der Waals surface area contributed by atoms with Gasteiger partial charge < -0.3 is 5.32 Å². The van der Waals surface area contributed by atoms with Crippen LogP contribution in [0.25, 0.3) is 0 Å². The summed E-state index contributed by atoms with van der Waals surface area (Å²) in [6.45, 7) is 2.94. The lowest BCUT2D eigenvalue weighted by Crippen LogP contribution is -2.27. The highest BCUT2D eigenvalue weighted by molar-refractivity contribution is 7.89. The van der Waals surface area contributed by atoms with E-state index >= 15 is 0 Å². The van der Waals surface area contributed by atoms with Gasteiger partial charge in [0.25, 0.3) is 0 Å². The molecule has 17 heavy (non-hydrogen) atoms. The fourth-order valence-electron chi connectivity index (χ4n) is 1.41. The molecular weight excluding hydrogens is 260 g/mol. The Balaban J connectivity index is 2.79. The van der Waals surface area contributed by atoms with Crippen LogP contribution in [0.4, 0.5) is 0 Å². The molecule has 0 radical (unpaired) electrons. The van der Waals surface area contributed by atoms with E-state index < -0.39 is 10.0 Å². The van der Waals surface area contributed by atoms with Gasteiger partial charge in [0.15, 0.2) is 0 Å².